The largest absolute Gasteiger partial charge is 0.456 e. The second-order valence-electron chi connectivity index (χ2n) is 7.16. The van der Waals surface area contributed by atoms with Crippen molar-refractivity contribution in [3.05, 3.63) is 42.0 Å². The van der Waals surface area contributed by atoms with Gasteiger partial charge in [-0.1, -0.05) is 30.3 Å². The number of fused-ring (bicyclic) bond motifs is 3. The van der Waals surface area contributed by atoms with E-state index < -0.39 is 0 Å². The third-order valence-electron chi connectivity index (χ3n) is 5.12. The lowest BCUT2D eigenvalue weighted by Gasteiger charge is -2.56. The Balaban J connectivity index is 1.64. The van der Waals surface area contributed by atoms with E-state index in [-0.39, 0.29) is 23.3 Å². The Bertz CT molecular complexity index is 576. The van der Waals surface area contributed by atoms with Gasteiger partial charge in [0.15, 0.2) is 0 Å². The van der Waals surface area contributed by atoms with Gasteiger partial charge in [-0.3, -0.25) is 0 Å². The van der Waals surface area contributed by atoms with Crippen molar-refractivity contribution >= 4 is 12.0 Å². The van der Waals surface area contributed by atoms with Crippen LogP contribution in [-0.4, -0.2) is 23.3 Å². The molecule has 0 radical (unpaired) electrons. The van der Waals surface area contributed by atoms with Crippen molar-refractivity contribution in [2.75, 3.05) is 0 Å². The average molecular weight is 300 g/mol. The number of rotatable bonds is 3. The number of hydrogen-bond donors (Lipinski definition) is 0. The maximum absolute atomic E-state index is 12.1. The highest BCUT2D eigenvalue weighted by atomic mass is 16.6. The molecule has 1 saturated carbocycles. The maximum Gasteiger partial charge on any atom is 0.331 e. The summed E-state index contributed by atoms with van der Waals surface area (Å²) in [5.41, 5.74) is 0.526. The van der Waals surface area contributed by atoms with Gasteiger partial charge in [-0.25, -0.2) is 4.79 Å². The fraction of sp³-hybridized carbons (Fsp3) is 0.526. The van der Waals surface area contributed by atoms with E-state index in [4.69, 9.17) is 9.47 Å². The van der Waals surface area contributed by atoms with Crippen LogP contribution < -0.4 is 0 Å². The van der Waals surface area contributed by atoms with Gasteiger partial charge in [0.1, 0.15) is 11.7 Å². The van der Waals surface area contributed by atoms with Gasteiger partial charge in [-0.05, 0) is 57.6 Å². The molecule has 2 aliphatic heterocycles. The van der Waals surface area contributed by atoms with E-state index in [9.17, 15) is 4.79 Å². The maximum atomic E-state index is 12.1. The molecule has 0 unspecified atom stereocenters. The summed E-state index contributed by atoms with van der Waals surface area (Å²) >= 11 is 0. The van der Waals surface area contributed by atoms with Gasteiger partial charge in [0, 0.05) is 6.08 Å². The van der Waals surface area contributed by atoms with Gasteiger partial charge in [-0.2, -0.15) is 0 Å². The zero-order chi connectivity index (χ0) is 15.8. The first-order valence-corrected chi connectivity index (χ1v) is 8.03. The van der Waals surface area contributed by atoms with E-state index in [1.165, 1.54) is 6.08 Å². The van der Waals surface area contributed by atoms with Crippen LogP contribution in [-0.2, 0) is 14.3 Å². The normalized spacial score (nSPS) is 33.0. The second-order valence-corrected chi connectivity index (χ2v) is 7.16. The molecule has 2 bridgehead atoms. The monoisotopic (exact) mass is 300 g/mol. The zero-order valence-electron chi connectivity index (χ0n) is 13.5. The number of esters is 1. The van der Waals surface area contributed by atoms with Crippen LogP contribution in [0.25, 0.3) is 6.08 Å². The minimum Gasteiger partial charge on any atom is -0.456 e. The summed E-state index contributed by atoms with van der Waals surface area (Å²) in [6.07, 6.45) is 6.16. The van der Waals surface area contributed by atoms with Gasteiger partial charge in [0.2, 0.25) is 0 Å². The second kappa shape index (κ2) is 5.54. The van der Waals surface area contributed by atoms with Gasteiger partial charge in [0.25, 0.3) is 0 Å². The molecule has 1 aromatic rings. The Morgan fingerprint density at radius 1 is 1.27 bits per heavy atom. The number of carbonyl (C=O) groups excluding carboxylic acids is 1. The molecule has 3 fully saturated rings. The van der Waals surface area contributed by atoms with Crippen LogP contribution in [0, 0.1) is 5.92 Å². The first kappa shape index (κ1) is 15.3. The highest BCUT2D eigenvalue weighted by molar-refractivity contribution is 5.87. The molecule has 3 aliphatic rings. The summed E-state index contributed by atoms with van der Waals surface area (Å²) in [7, 11) is 0. The highest BCUT2D eigenvalue weighted by Gasteiger charge is 2.55. The summed E-state index contributed by atoms with van der Waals surface area (Å²) in [6, 6.07) is 9.76. The smallest absolute Gasteiger partial charge is 0.331 e. The lowest BCUT2D eigenvalue weighted by atomic mass is 9.67. The highest BCUT2D eigenvalue weighted by Crippen LogP contribution is 2.50. The van der Waals surface area contributed by atoms with Crippen LogP contribution in [0.1, 0.15) is 45.6 Å². The van der Waals surface area contributed by atoms with E-state index >= 15 is 0 Å². The van der Waals surface area contributed by atoms with Crippen molar-refractivity contribution in [3.63, 3.8) is 0 Å². The van der Waals surface area contributed by atoms with Gasteiger partial charge in [-0.15, -0.1) is 0 Å². The van der Waals surface area contributed by atoms with Crippen molar-refractivity contribution in [3.8, 4) is 0 Å². The zero-order valence-corrected chi connectivity index (χ0v) is 13.5. The molecule has 4 rings (SSSR count). The van der Waals surface area contributed by atoms with Crippen LogP contribution in [0.2, 0.25) is 0 Å². The van der Waals surface area contributed by atoms with Crippen molar-refractivity contribution in [2.24, 2.45) is 5.92 Å². The molecule has 2 saturated heterocycles. The topological polar surface area (TPSA) is 35.5 Å². The van der Waals surface area contributed by atoms with Gasteiger partial charge in [0.05, 0.1) is 5.60 Å². The van der Waals surface area contributed by atoms with Gasteiger partial charge >= 0.3 is 5.97 Å². The number of carbonyl (C=O) groups is 1. The van der Waals surface area contributed by atoms with E-state index in [1.54, 1.807) is 6.08 Å². The van der Waals surface area contributed by atoms with Crippen LogP contribution in [0.4, 0.5) is 0 Å². The summed E-state index contributed by atoms with van der Waals surface area (Å²) in [5.74, 6) is 0.175. The quantitative estimate of drug-likeness (QED) is 0.625. The molecule has 1 aliphatic carbocycles. The molecule has 3 atom stereocenters. The number of benzene rings is 1. The Morgan fingerprint density at radius 2 is 2.00 bits per heavy atom. The molecule has 22 heavy (non-hydrogen) atoms. The average Bonchev–Trinajstić information content (AvgIpc) is 2.47. The molecule has 0 amide bonds. The molecule has 1 aromatic carbocycles. The SMILES string of the molecule is CC1(C)O[C@]2(C)CC[C@H]1C[C@@H]2OC(=O)C=Cc1ccccc1. The molecule has 0 N–H and O–H groups in total. The minimum atomic E-state index is -0.353. The van der Waals surface area contributed by atoms with Crippen molar-refractivity contribution < 1.29 is 14.3 Å². The summed E-state index contributed by atoms with van der Waals surface area (Å²) < 4.78 is 11.9. The standard InChI is InChI=1S/C19H24O3/c1-18(2)15-11-12-19(3,22-18)16(13-15)21-17(20)10-9-14-7-5-4-6-8-14/h4-10,15-16H,11-13H2,1-3H3/t15-,16-,19+/m0/s1. The fourth-order valence-corrected chi connectivity index (χ4v) is 3.76. The van der Waals surface area contributed by atoms with Crippen molar-refractivity contribution in [1.29, 1.82) is 0 Å². The Hall–Kier alpha value is -1.61. The predicted octanol–water partition coefficient (Wildman–Crippen LogP) is 3.98. The van der Waals surface area contributed by atoms with Crippen molar-refractivity contribution in [2.45, 2.75) is 57.3 Å². The Morgan fingerprint density at radius 3 is 2.64 bits per heavy atom. The molecule has 0 spiro atoms. The van der Waals surface area contributed by atoms with Crippen molar-refractivity contribution in [1.82, 2.24) is 0 Å². The third kappa shape index (κ3) is 2.95. The van der Waals surface area contributed by atoms with E-state index in [0.29, 0.717) is 5.92 Å². The molecule has 3 nitrogen and oxygen atoms in total. The van der Waals surface area contributed by atoms with E-state index in [0.717, 1.165) is 24.8 Å². The first-order chi connectivity index (χ1) is 10.4. The van der Waals surface area contributed by atoms with Crippen LogP contribution in [0.5, 0.6) is 0 Å². The lowest BCUT2D eigenvalue weighted by Crippen LogP contribution is -2.62. The molecule has 118 valence electrons. The molecular weight excluding hydrogens is 276 g/mol. The molecular formula is C19H24O3. The fourth-order valence-electron chi connectivity index (χ4n) is 3.76. The summed E-state index contributed by atoms with van der Waals surface area (Å²) in [6.45, 7) is 6.35. The Labute approximate surface area is 132 Å². The van der Waals surface area contributed by atoms with Crippen LogP contribution in [0.15, 0.2) is 36.4 Å². The Kier molecular flexibility index (Phi) is 3.85. The molecule has 3 heteroatoms. The van der Waals surface area contributed by atoms with Gasteiger partial charge < -0.3 is 9.47 Å². The lowest BCUT2D eigenvalue weighted by molar-refractivity contribution is -0.277. The molecule has 2 heterocycles. The number of hydrogen-bond acceptors (Lipinski definition) is 3. The van der Waals surface area contributed by atoms with E-state index in [2.05, 4.69) is 20.8 Å². The minimum absolute atomic E-state index is 0.115. The summed E-state index contributed by atoms with van der Waals surface area (Å²) in [4.78, 5) is 12.1. The van der Waals surface area contributed by atoms with Crippen LogP contribution >= 0.6 is 0 Å². The third-order valence-corrected chi connectivity index (χ3v) is 5.12. The number of ether oxygens (including phenoxy) is 2. The molecule has 0 aromatic heterocycles. The van der Waals surface area contributed by atoms with Crippen LogP contribution in [0.3, 0.4) is 0 Å². The van der Waals surface area contributed by atoms with E-state index in [1.807, 2.05) is 30.3 Å². The summed E-state index contributed by atoms with van der Waals surface area (Å²) in [5, 5.41) is 0. The predicted molar refractivity (Wildman–Crippen MR) is 86.3 cm³/mol. The first-order valence-electron chi connectivity index (χ1n) is 8.03.